The SMILES string of the molecule is CCNC(=O)C(C)NC(=O)c1cccc(-c2ccc(C(=O)OC)cc2C)c1. The monoisotopic (exact) mass is 368 g/mol. The average molecular weight is 368 g/mol. The van der Waals surface area contributed by atoms with Crippen molar-refractivity contribution in [3.8, 4) is 11.1 Å². The number of esters is 1. The number of aryl methyl sites for hydroxylation is 1. The average Bonchev–Trinajstić information content (AvgIpc) is 2.67. The number of ether oxygens (including phenoxy) is 1. The molecule has 0 aliphatic heterocycles. The van der Waals surface area contributed by atoms with Crippen molar-refractivity contribution in [2.75, 3.05) is 13.7 Å². The van der Waals surface area contributed by atoms with Crippen LogP contribution in [0, 0.1) is 6.92 Å². The summed E-state index contributed by atoms with van der Waals surface area (Å²) >= 11 is 0. The molecule has 0 fully saturated rings. The largest absolute Gasteiger partial charge is 0.465 e. The van der Waals surface area contributed by atoms with Crippen molar-refractivity contribution in [3.63, 3.8) is 0 Å². The summed E-state index contributed by atoms with van der Waals surface area (Å²) in [6.45, 7) is 5.87. The molecule has 27 heavy (non-hydrogen) atoms. The van der Waals surface area contributed by atoms with Crippen LogP contribution >= 0.6 is 0 Å². The smallest absolute Gasteiger partial charge is 0.337 e. The Morgan fingerprint density at radius 3 is 2.44 bits per heavy atom. The first kappa shape index (κ1) is 20.2. The summed E-state index contributed by atoms with van der Waals surface area (Å²) in [6.07, 6.45) is 0. The fraction of sp³-hybridized carbons (Fsp3) is 0.286. The van der Waals surface area contributed by atoms with Gasteiger partial charge in [-0.1, -0.05) is 18.2 Å². The molecule has 0 aliphatic rings. The third kappa shape index (κ3) is 4.94. The van der Waals surface area contributed by atoms with Crippen LogP contribution in [-0.2, 0) is 9.53 Å². The van der Waals surface area contributed by atoms with Gasteiger partial charge in [0, 0.05) is 12.1 Å². The lowest BCUT2D eigenvalue weighted by molar-refractivity contribution is -0.122. The Morgan fingerprint density at radius 1 is 1.07 bits per heavy atom. The number of benzene rings is 2. The Kier molecular flexibility index (Phi) is 6.71. The Bertz CT molecular complexity index is 861. The molecule has 1 unspecified atom stereocenters. The van der Waals surface area contributed by atoms with Crippen LogP contribution in [0.1, 0.15) is 40.1 Å². The fourth-order valence-electron chi connectivity index (χ4n) is 2.73. The lowest BCUT2D eigenvalue weighted by Gasteiger charge is -2.14. The minimum atomic E-state index is -0.623. The summed E-state index contributed by atoms with van der Waals surface area (Å²) in [5.74, 6) is -0.937. The van der Waals surface area contributed by atoms with E-state index in [1.807, 2.05) is 26.0 Å². The number of nitrogens with one attached hydrogen (secondary N) is 2. The van der Waals surface area contributed by atoms with Gasteiger partial charge in [0.1, 0.15) is 6.04 Å². The molecule has 2 amide bonds. The van der Waals surface area contributed by atoms with Crippen LogP contribution in [-0.4, -0.2) is 37.5 Å². The number of hydrogen-bond donors (Lipinski definition) is 2. The van der Waals surface area contributed by atoms with Crippen molar-refractivity contribution < 1.29 is 19.1 Å². The molecule has 1 atom stereocenters. The third-order valence-corrected chi connectivity index (χ3v) is 4.18. The number of amides is 2. The molecule has 142 valence electrons. The summed E-state index contributed by atoms with van der Waals surface area (Å²) in [7, 11) is 1.34. The lowest BCUT2D eigenvalue weighted by Crippen LogP contribution is -2.44. The molecule has 2 N–H and O–H groups in total. The molecule has 2 rings (SSSR count). The Hall–Kier alpha value is -3.15. The van der Waals surface area contributed by atoms with E-state index in [0.717, 1.165) is 16.7 Å². The Balaban J connectivity index is 2.23. The second-order valence-corrected chi connectivity index (χ2v) is 6.19. The molecule has 2 aromatic rings. The van der Waals surface area contributed by atoms with Gasteiger partial charge in [-0.05, 0) is 61.7 Å². The van der Waals surface area contributed by atoms with Crippen LogP contribution < -0.4 is 10.6 Å². The van der Waals surface area contributed by atoms with Crippen LogP contribution in [0.4, 0.5) is 0 Å². The number of likely N-dealkylation sites (N-methyl/N-ethyl adjacent to an activating group) is 1. The standard InChI is InChI=1S/C21H24N2O4/c1-5-22-19(24)14(3)23-20(25)16-8-6-7-15(12-16)18-10-9-17(11-13(18)2)21(26)27-4/h6-12,14H,5H2,1-4H3,(H,22,24)(H,23,25). The topological polar surface area (TPSA) is 84.5 Å². The molecule has 0 heterocycles. The Labute approximate surface area is 158 Å². The van der Waals surface area contributed by atoms with Crippen LogP contribution in [0.2, 0.25) is 0 Å². The molecule has 0 spiro atoms. The second kappa shape index (κ2) is 8.98. The van der Waals surface area contributed by atoms with Gasteiger partial charge < -0.3 is 15.4 Å². The highest BCUT2D eigenvalue weighted by Crippen LogP contribution is 2.25. The van der Waals surface area contributed by atoms with Crippen molar-refractivity contribution in [1.82, 2.24) is 10.6 Å². The van der Waals surface area contributed by atoms with E-state index in [-0.39, 0.29) is 11.8 Å². The summed E-state index contributed by atoms with van der Waals surface area (Å²) in [4.78, 5) is 35.9. The van der Waals surface area contributed by atoms with Crippen molar-refractivity contribution in [2.45, 2.75) is 26.8 Å². The number of hydrogen-bond acceptors (Lipinski definition) is 4. The number of carbonyl (C=O) groups excluding carboxylic acids is 3. The summed E-state index contributed by atoms with van der Waals surface area (Å²) in [5.41, 5.74) is 3.59. The zero-order chi connectivity index (χ0) is 20.0. The predicted molar refractivity (Wildman–Crippen MR) is 104 cm³/mol. The molecule has 2 aromatic carbocycles. The van der Waals surface area contributed by atoms with Gasteiger partial charge in [-0.3, -0.25) is 9.59 Å². The molecule has 0 saturated heterocycles. The minimum absolute atomic E-state index is 0.226. The maximum atomic E-state index is 12.5. The molecule has 0 radical (unpaired) electrons. The quantitative estimate of drug-likeness (QED) is 0.768. The van der Waals surface area contributed by atoms with E-state index in [9.17, 15) is 14.4 Å². The first-order valence-corrected chi connectivity index (χ1v) is 8.75. The highest BCUT2D eigenvalue weighted by atomic mass is 16.5. The fourth-order valence-corrected chi connectivity index (χ4v) is 2.73. The number of methoxy groups -OCH3 is 1. The van der Waals surface area contributed by atoms with E-state index in [1.165, 1.54) is 7.11 Å². The molecular weight excluding hydrogens is 344 g/mol. The van der Waals surface area contributed by atoms with E-state index in [2.05, 4.69) is 10.6 Å². The van der Waals surface area contributed by atoms with Crippen molar-refractivity contribution in [1.29, 1.82) is 0 Å². The predicted octanol–water partition coefficient (Wildman–Crippen LogP) is 2.70. The van der Waals surface area contributed by atoms with Crippen molar-refractivity contribution in [2.24, 2.45) is 0 Å². The molecule has 0 aromatic heterocycles. The summed E-state index contributed by atoms with van der Waals surface area (Å²) in [6, 6.07) is 11.8. The van der Waals surface area contributed by atoms with Crippen molar-refractivity contribution in [3.05, 3.63) is 59.2 Å². The van der Waals surface area contributed by atoms with Crippen LogP contribution in [0.5, 0.6) is 0 Å². The Morgan fingerprint density at radius 2 is 1.81 bits per heavy atom. The van der Waals surface area contributed by atoms with E-state index in [1.54, 1.807) is 37.3 Å². The first-order valence-electron chi connectivity index (χ1n) is 8.75. The van der Waals surface area contributed by atoms with E-state index in [0.29, 0.717) is 17.7 Å². The van der Waals surface area contributed by atoms with Gasteiger partial charge in [0.05, 0.1) is 12.7 Å². The minimum Gasteiger partial charge on any atom is -0.465 e. The van der Waals surface area contributed by atoms with Gasteiger partial charge in [0.25, 0.3) is 5.91 Å². The van der Waals surface area contributed by atoms with E-state index in [4.69, 9.17) is 4.74 Å². The van der Waals surface area contributed by atoms with Crippen LogP contribution in [0.25, 0.3) is 11.1 Å². The highest BCUT2D eigenvalue weighted by Gasteiger charge is 2.16. The van der Waals surface area contributed by atoms with Gasteiger partial charge in [-0.15, -0.1) is 0 Å². The summed E-state index contributed by atoms with van der Waals surface area (Å²) < 4.78 is 4.74. The van der Waals surface area contributed by atoms with Crippen LogP contribution in [0.3, 0.4) is 0 Å². The highest BCUT2D eigenvalue weighted by molar-refractivity contribution is 5.98. The maximum absolute atomic E-state index is 12.5. The van der Waals surface area contributed by atoms with Gasteiger partial charge in [0.15, 0.2) is 0 Å². The van der Waals surface area contributed by atoms with Crippen molar-refractivity contribution >= 4 is 17.8 Å². The summed E-state index contributed by atoms with van der Waals surface area (Å²) in [5, 5.41) is 5.37. The molecule has 0 saturated carbocycles. The molecule has 6 nitrogen and oxygen atoms in total. The van der Waals surface area contributed by atoms with Gasteiger partial charge >= 0.3 is 5.97 Å². The normalized spacial score (nSPS) is 11.4. The second-order valence-electron chi connectivity index (χ2n) is 6.19. The molecule has 0 aliphatic carbocycles. The molecule has 6 heteroatoms. The van der Waals surface area contributed by atoms with E-state index >= 15 is 0 Å². The van der Waals surface area contributed by atoms with Gasteiger partial charge in [-0.2, -0.15) is 0 Å². The number of rotatable bonds is 6. The molecular formula is C21H24N2O4. The van der Waals surface area contributed by atoms with Gasteiger partial charge in [-0.25, -0.2) is 4.79 Å². The van der Waals surface area contributed by atoms with Crippen LogP contribution in [0.15, 0.2) is 42.5 Å². The zero-order valence-corrected chi connectivity index (χ0v) is 16.0. The third-order valence-electron chi connectivity index (χ3n) is 4.18. The number of carbonyl (C=O) groups is 3. The first-order chi connectivity index (χ1) is 12.9. The molecule has 0 bridgehead atoms. The van der Waals surface area contributed by atoms with E-state index < -0.39 is 12.0 Å². The zero-order valence-electron chi connectivity index (χ0n) is 16.0. The lowest BCUT2D eigenvalue weighted by atomic mass is 9.97. The maximum Gasteiger partial charge on any atom is 0.337 e. The van der Waals surface area contributed by atoms with Gasteiger partial charge in [0.2, 0.25) is 5.91 Å².